The zero-order chi connectivity index (χ0) is 13.7. The summed E-state index contributed by atoms with van der Waals surface area (Å²) < 4.78 is 1.35. The van der Waals surface area contributed by atoms with E-state index < -0.39 is 0 Å². The first kappa shape index (κ1) is 13.2. The van der Waals surface area contributed by atoms with Gasteiger partial charge in [0.25, 0.3) is 5.56 Å². The predicted octanol–water partition coefficient (Wildman–Crippen LogP) is 0.660. The maximum Gasteiger partial charge on any atom is 0.289 e. The maximum atomic E-state index is 11.8. The van der Waals surface area contributed by atoms with Crippen molar-refractivity contribution in [1.82, 2.24) is 14.8 Å². The average molecular weight is 260 g/mol. The van der Waals surface area contributed by atoms with Gasteiger partial charge in [0.05, 0.1) is 5.69 Å². The molecule has 0 saturated heterocycles. The molecule has 19 heavy (non-hydrogen) atoms. The molecule has 0 spiro atoms. The van der Waals surface area contributed by atoms with Crippen molar-refractivity contribution < 1.29 is 5.11 Å². The van der Waals surface area contributed by atoms with E-state index in [0.717, 1.165) is 5.56 Å². The number of aromatic nitrogens is 3. The molecule has 0 radical (unpaired) electrons. The summed E-state index contributed by atoms with van der Waals surface area (Å²) in [6, 6.07) is 5.19. The zero-order valence-corrected chi connectivity index (χ0v) is 10.5. The number of rotatable bonds is 5. The largest absolute Gasteiger partial charge is 0.396 e. The molecule has 0 aliphatic carbocycles. The third-order valence-electron chi connectivity index (χ3n) is 2.76. The van der Waals surface area contributed by atoms with E-state index in [-0.39, 0.29) is 17.9 Å². The third kappa shape index (κ3) is 3.17. The Labute approximate surface area is 110 Å². The topological polar surface area (TPSA) is 94.0 Å². The minimum absolute atomic E-state index is 0.105. The Morgan fingerprint density at radius 2 is 2.00 bits per heavy atom. The van der Waals surface area contributed by atoms with Gasteiger partial charge in [-0.05, 0) is 31.0 Å². The van der Waals surface area contributed by atoms with Crippen LogP contribution in [0.2, 0.25) is 0 Å². The molecular formula is C13H16N4O2. The van der Waals surface area contributed by atoms with Crippen LogP contribution in [0.3, 0.4) is 0 Å². The van der Waals surface area contributed by atoms with Crippen molar-refractivity contribution in [3.8, 4) is 11.3 Å². The smallest absolute Gasteiger partial charge is 0.289 e. The number of aliphatic hydroxyl groups excluding tert-OH is 1. The van der Waals surface area contributed by atoms with Crippen molar-refractivity contribution in [2.75, 3.05) is 12.3 Å². The predicted molar refractivity (Wildman–Crippen MR) is 72.5 cm³/mol. The molecule has 0 aliphatic heterocycles. The molecule has 0 aromatic carbocycles. The highest BCUT2D eigenvalue weighted by atomic mass is 16.2. The van der Waals surface area contributed by atoms with Crippen LogP contribution in [0.15, 0.2) is 35.4 Å². The maximum absolute atomic E-state index is 11.8. The highest BCUT2D eigenvalue weighted by Gasteiger charge is 2.07. The number of nitrogens with two attached hydrogens (primary N) is 1. The Bertz CT molecular complexity index is 595. The van der Waals surface area contributed by atoms with Gasteiger partial charge >= 0.3 is 0 Å². The fourth-order valence-electron chi connectivity index (χ4n) is 1.75. The second-order valence-electron chi connectivity index (χ2n) is 4.18. The fourth-order valence-corrected chi connectivity index (χ4v) is 1.75. The Kier molecular flexibility index (Phi) is 4.25. The summed E-state index contributed by atoms with van der Waals surface area (Å²) in [5.74, 6) is 0. The van der Waals surface area contributed by atoms with Gasteiger partial charge in [0.2, 0.25) is 0 Å². The zero-order valence-electron chi connectivity index (χ0n) is 10.5. The van der Waals surface area contributed by atoms with Crippen LogP contribution in [0.4, 0.5) is 5.69 Å². The number of pyridine rings is 1. The lowest BCUT2D eigenvalue weighted by atomic mass is 10.2. The van der Waals surface area contributed by atoms with Gasteiger partial charge in [-0.25, -0.2) is 4.68 Å². The van der Waals surface area contributed by atoms with Crippen molar-refractivity contribution >= 4 is 5.69 Å². The Morgan fingerprint density at radius 3 is 2.68 bits per heavy atom. The van der Waals surface area contributed by atoms with E-state index in [2.05, 4.69) is 10.1 Å². The highest BCUT2D eigenvalue weighted by molar-refractivity contribution is 5.61. The van der Waals surface area contributed by atoms with E-state index in [1.807, 2.05) is 12.1 Å². The molecule has 0 fully saturated rings. The number of nitrogens with zero attached hydrogens (tertiary/aromatic N) is 3. The lowest BCUT2D eigenvalue weighted by Gasteiger charge is -2.08. The van der Waals surface area contributed by atoms with Crippen LogP contribution >= 0.6 is 0 Å². The van der Waals surface area contributed by atoms with E-state index in [0.29, 0.717) is 25.1 Å². The molecule has 2 heterocycles. The van der Waals surface area contributed by atoms with Crippen molar-refractivity contribution in [1.29, 1.82) is 0 Å². The summed E-state index contributed by atoms with van der Waals surface area (Å²) in [4.78, 5) is 15.8. The molecule has 0 atom stereocenters. The van der Waals surface area contributed by atoms with Gasteiger partial charge in [-0.3, -0.25) is 9.78 Å². The number of unbranched alkanes of at least 4 members (excludes halogenated alkanes) is 1. The highest BCUT2D eigenvalue weighted by Crippen LogP contribution is 2.15. The Hall–Kier alpha value is -2.21. The molecule has 0 aliphatic rings. The number of aryl methyl sites for hydroxylation is 1. The second-order valence-corrected chi connectivity index (χ2v) is 4.18. The quantitative estimate of drug-likeness (QED) is 0.770. The number of nitrogen functional groups attached to an aromatic ring is 1. The van der Waals surface area contributed by atoms with E-state index in [9.17, 15) is 4.79 Å². The summed E-state index contributed by atoms with van der Waals surface area (Å²) >= 11 is 0. The van der Waals surface area contributed by atoms with E-state index in [4.69, 9.17) is 10.8 Å². The van der Waals surface area contributed by atoms with Crippen LogP contribution in [-0.2, 0) is 6.54 Å². The second kappa shape index (κ2) is 6.10. The minimum atomic E-state index is -0.296. The van der Waals surface area contributed by atoms with E-state index in [1.165, 1.54) is 4.68 Å². The van der Waals surface area contributed by atoms with Crippen molar-refractivity contribution in [3.63, 3.8) is 0 Å². The lowest BCUT2D eigenvalue weighted by Crippen LogP contribution is -2.26. The molecule has 0 bridgehead atoms. The molecule has 2 rings (SSSR count). The standard InChI is InChI=1S/C13H16N4O2/c14-11-9-12(10-3-5-15-6-4-10)16-17(13(11)19)7-1-2-8-18/h3-6,9,18H,1-2,7-8,14H2. The van der Waals surface area contributed by atoms with Crippen LogP contribution in [0, 0.1) is 0 Å². The van der Waals surface area contributed by atoms with Gasteiger partial charge in [-0.2, -0.15) is 5.10 Å². The van der Waals surface area contributed by atoms with Crippen molar-refractivity contribution in [2.24, 2.45) is 0 Å². The molecule has 0 saturated carbocycles. The first-order valence-corrected chi connectivity index (χ1v) is 6.11. The average Bonchev–Trinajstić information content (AvgIpc) is 2.44. The van der Waals surface area contributed by atoms with Crippen LogP contribution < -0.4 is 11.3 Å². The molecule has 3 N–H and O–H groups in total. The van der Waals surface area contributed by atoms with Gasteiger partial charge in [-0.1, -0.05) is 0 Å². The van der Waals surface area contributed by atoms with Gasteiger partial charge < -0.3 is 10.8 Å². The fraction of sp³-hybridized carbons (Fsp3) is 0.308. The summed E-state index contributed by atoms with van der Waals surface area (Å²) in [6.07, 6.45) is 4.64. The number of hydrogen-bond donors (Lipinski definition) is 2. The Morgan fingerprint density at radius 1 is 1.26 bits per heavy atom. The third-order valence-corrected chi connectivity index (χ3v) is 2.76. The molecule has 100 valence electrons. The van der Waals surface area contributed by atoms with Crippen molar-refractivity contribution in [2.45, 2.75) is 19.4 Å². The van der Waals surface area contributed by atoms with Crippen molar-refractivity contribution in [3.05, 3.63) is 40.9 Å². The first-order chi connectivity index (χ1) is 9.22. The summed E-state index contributed by atoms with van der Waals surface area (Å²) in [5, 5.41) is 13.1. The SMILES string of the molecule is Nc1cc(-c2ccncc2)nn(CCCCO)c1=O. The summed E-state index contributed by atoms with van der Waals surface area (Å²) in [7, 11) is 0. The molecule has 2 aromatic heterocycles. The Balaban J connectivity index is 2.34. The summed E-state index contributed by atoms with van der Waals surface area (Å²) in [5.41, 5.74) is 7.10. The summed E-state index contributed by atoms with van der Waals surface area (Å²) in [6.45, 7) is 0.552. The monoisotopic (exact) mass is 260 g/mol. The number of aliphatic hydroxyl groups is 1. The van der Waals surface area contributed by atoms with E-state index in [1.54, 1.807) is 18.5 Å². The molecular weight excluding hydrogens is 244 g/mol. The molecule has 2 aromatic rings. The molecule has 0 amide bonds. The lowest BCUT2D eigenvalue weighted by molar-refractivity contribution is 0.279. The van der Waals surface area contributed by atoms with Crippen LogP contribution in [0.1, 0.15) is 12.8 Å². The van der Waals surface area contributed by atoms with Gasteiger partial charge in [-0.15, -0.1) is 0 Å². The normalized spacial score (nSPS) is 10.6. The number of hydrogen-bond acceptors (Lipinski definition) is 5. The first-order valence-electron chi connectivity index (χ1n) is 6.11. The minimum Gasteiger partial charge on any atom is -0.396 e. The van der Waals surface area contributed by atoms with Crippen LogP contribution in [0.5, 0.6) is 0 Å². The van der Waals surface area contributed by atoms with E-state index >= 15 is 0 Å². The molecule has 6 heteroatoms. The number of anilines is 1. The van der Waals surface area contributed by atoms with Gasteiger partial charge in [0.1, 0.15) is 5.69 Å². The van der Waals surface area contributed by atoms with Crippen LogP contribution in [0.25, 0.3) is 11.3 Å². The van der Waals surface area contributed by atoms with Gasteiger partial charge in [0.15, 0.2) is 0 Å². The molecule has 0 unspecified atom stereocenters. The molecule has 6 nitrogen and oxygen atoms in total. The van der Waals surface area contributed by atoms with Gasteiger partial charge in [0, 0.05) is 31.1 Å². The van der Waals surface area contributed by atoms with Crippen LogP contribution in [-0.4, -0.2) is 26.5 Å².